The Labute approximate surface area is 215 Å². The summed E-state index contributed by atoms with van der Waals surface area (Å²) >= 11 is 6.57. The van der Waals surface area contributed by atoms with Gasteiger partial charge in [0.25, 0.3) is 5.91 Å². The lowest BCUT2D eigenvalue weighted by molar-refractivity contribution is 0.0720. The summed E-state index contributed by atoms with van der Waals surface area (Å²) in [7, 11) is 0. The molecular weight excluding hydrogens is 472 g/mol. The average Bonchev–Trinajstić information content (AvgIpc) is 3.69. The van der Waals surface area contributed by atoms with Crippen molar-refractivity contribution in [3.8, 4) is 5.69 Å². The Balaban J connectivity index is 1.38. The summed E-state index contributed by atoms with van der Waals surface area (Å²) in [4.78, 5) is 27.0. The van der Waals surface area contributed by atoms with Crippen molar-refractivity contribution in [3.05, 3.63) is 95.1 Å². The van der Waals surface area contributed by atoms with Crippen LogP contribution in [0.1, 0.15) is 40.3 Å². The lowest BCUT2D eigenvalue weighted by Gasteiger charge is -2.27. The minimum absolute atomic E-state index is 0.101. The van der Waals surface area contributed by atoms with Gasteiger partial charge in [0.15, 0.2) is 0 Å². The molecule has 3 heterocycles. The minimum atomic E-state index is -0.101. The third kappa shape index (κ3) is 4.29. The Kier molecular flexibility index (Phi) is 6.03. The monoisotopic (exact) mass is 498 g/mol. The molecule has 0 saturated heterocycles. The molecule has 1 aliphatic heterocycles. The molecule has 0 atom stereocenters. The largest absolute Gasteiger partial charge is 0.328 e. The molecule has 0 radical (unpaired) electrons. The van der Waals surface area contributed by atoms with Crippen molar-refractivity contribution in [1.29, 1.82) is 0 Å². The van der Waals surface area contributed by atoms with Crippen LogP contribution in [0.2, 0.25) is 5.02 Å². The van der Waals surface area contributed by atoms with Crippen molar-refractivity contribution in [2.24, 2.45) is 0 Å². The normalized spacial score (nSPS) is 15.6. The zero-order valence-corrected chi connectivity index (χ0v) is 20.7. The Hall–Kier alpha value is -3.55. The van der Waals surface area contributed by atoms with Crippen LogP contribution in [0.15, 0.2) is 67.4 Å². The molecule has 1 saturated carbocycles. The van der Waals surface area contributed by atoms with E-state index in [1.54, 1.807) is 6.20 Å². The minimum Gasteiger partial charge on any atom is -0.328 e. The number of para-hydroxylation sites is 3. The number of hydrogen-bond acceptors (Lipinski definition) is 5. The predicted molar refractivity (Wildman–Crippen MR) is 140 cm³/mol. The molecule has 2 aliphatic rings. The van der Waals surface area contributed by atoms with Gasteiger partial charge in [-0.25, -0.2) is 9.67 Å². The van der Waals surface area contributed by atoms with E-state index in [2.05, 4.69) is 21.4 Å². The van der Waals surface area contributed by atoms with E-state index in [4.69, 9.17) is 16.7 Å². The molecule has 7 nitrogen and oxygen atoms in total. The molecule has 0 bridgehead atoms. The van der Waals surface area contributed by atoms with Gasteiger partial charge in [-0.2, -0.15) is 5.10 Å². The Morgan fingerprint density at radius 1 is 1.14 bits per heavy atom. The summed E-state index contributed by atoms with van der Waals surface area (Å²) in [6.45, 7) is 6.84. The number of hydrogen-bond donors (Lipinski definition) is 0. The van der Waals surface area contributed by atoms with Gasteiger partial charge < -0.3 is 4.90 Å². The van der Waals surface area contributed by atoms with Crippen LogP contribution in [-0.2, 0) is 19.5 Å². The summed E-state index contributed by atoms with van der Waals surface area (Å²) in [5.41, 5.74) is 5.98. The predicted octanol–water partition coefficient (Wildman–Crippen LogP) is 4.82. The number of halogens is 1. The van der Waals surface area contributed by atoms with Gasteiger partial charge in [-0.1, -0.05) is 41.9 Å². The first kappa shape index (κ1) is 22.9. The SMILES string of the molecule is C=CCN1CCc2c(c(CN(C(=O)c3cnc4ccccc4n3)C3CC3)nn2-c2ccccc2Cl)C1. The van der Waals surface area contributed by atoms with Crippen LogP contribution in [0, 0.1) is 0 Å². The molecule has 0 unspecified atom stereocenters. The number of rotatable bonds is 7. The van der Waals surface area contributed by atoms with E-state index in [9.17, 15) is 4.79 Å². The maximum Gasteiger partial charge on any atom is 0.274 e. The smallest absolute Gasteiger partial charge is 0.274 e. The Morgan fingerprint density at radius 2 is 1.92 bits per heavy atom. The number of fused-ring (bicyclic) bond motifs is 2. The summed E-state index contributed by atoms with van der Waals surface area (Å²) in [5, 5.41) is 5.70. The summed E-state index contributed by atoms with van der Waals surface area (Å²) in [6, 6.07) is 15.6. The third-order valence-corrected chi connectivity index (χ3v) is 7.24. The highest BCUT2D eigenvalue weighted by Gasteiger charge is 2.36. The first-order chi connectivity index (χ1) is 17.6. The second-order valence-corrected chi connectivity index (χ2v) is 9.82. The average molecular weight is 499 g/mol. The van der Waals surface area contributed by atoms with Crippen molar-refractivity contribution < 1.29 is 4.79 Å². The highest BCUT2D eigenvalue weighted by Crippen LogP contribution is 2.33. The maximum absolute atomic E-state index is 13.7. The molecular formula is C28H27ClN6O. The standard InChI is InChI=1S/C28H27ClN6O/c1-2-14-33-15-13-26-20(17-33)25(32-35(26)27-10-6-3-7-21(27)29)18-34(19-11-12-19)28(36)24-16-30-22-8-4-5-9-23(22)31-24/h2-10,16,19H,1,11-15,17-18H2. The van der Waals surface area contributed by atoms with E-state index in [0.717, 1.165) is 67.0 Å². The van der Waals surface area contributed by atoms with E-state index < -0.39 is 0 Å². The van der Waals surface area contributed by atoms with Crippen molar-refractivity contribution in [3.63, 3.8) is 0 Å². The molecule has 1 fully saturated rings. The second-order valence-electron chi connectivity index (χ2n) is 9.42. The first-order valence-corrected chi connectivity index (χ1v) is 12.7. The quantitative estimate of drug-likeness (QED) is 0.342. The van der Waals surface area contributed by atoms with E-state index in [0.29, 0.717) is 17.3 Å². The van der Waals surface area contributed by atoms with E-state index in [1.165, 1.54) is 5.56 Å². The van der Waals surface area contributed by atoms with Crippen LogP contribution >= 0.6 is 11.6 Å². The van der Waals surface area contributed by atoms with Crippen LogP contribution < -0.4 is 0 Å². The van der Waals surface area contributed by atoms with E-state index in [1.807, 2.05) is 64.2 Å². The third-order valence-electron chi connectivity index (χ3n) is 6.92. The van der Waals surface area contributed by atoms with Crippen molar-refractivity contribution >= 4 is 28.5 Å². The fourth-order valence-electron chi connectivity index (χ4n) is 4.95. The molecule has 1 amide bonds. The van der Waals surface area contributed by atoms with Gasteiger partial charge in [0.1, 0.15) is 5.69 Å². The van der Waals surface area contributed by atoms with Gasteiger partial charge in [0.2, 0.25) is 0 Å². The molecule has 4 aromatic rings. The summed E-state index contributed by atoms with van der Waals surface area (Å²) < 4.78 is 1.98. The number of carbonyl (C=O) groups is 1. The topological polar surface area (TPSA) is 67.2 Å². The summed E-state index contributed by atoms with van der Waals surface area (Å²) in [5.74, 6) is -0.101. The highest BCUT2D eigenvalue weighted by molar-refractivity contribution is 6.32. The molecule has 0 spiro atoms. The molecule has 2 aromatic carbocycles. The molecule has 8 heteroatoms. The van der Waals surface area contributed by atoms with Crippen LogP contribution in [-0.4, -0.2) is 54.6 Å². The number of nitrogens with zero attached hydrogens (tertiary/aromatic N) is 6. The molecule has 0 N–H and O–H groups in total. The zero-order chi connectivity index (χ0) is 24.6. The molecule has 2 aromatic heterocycles. The van der Waals surface area contributed by atoms with Crippen molar-refractivity contribution in [1.82, 2.24) is 29.5 Å². The lowest BCUT2D eigenvalue weighted by atomic mass is 10.0. The maximum atomic E-state index is 13.7. The Bertz CT molecular complexity index is 1460. The van der Waals surface area contributed by atoms with Crippen LogP contribution in [0.3, 0.4) is 0 Å². The van der Waals surface area contributed by atoms with Crippen LogP contribution in [0.5, 0.6) is 0 Å². The highest BCUT2D eigenvalue weighted by atomic mass is 35.5. The van der Waals surface area contributed by atoms with Gasteiger partial charge in [-0.15, -0.1) is 6.58 Å². The number of benzene rings is 2. The molecule has 182 valence electrons. The first-order valence-electron chi connectivity index (χ1n) is 12.3. The van der Waals surface area contributed by atoms with Gasteiger partial charge in [0.05, 0.1) is 45.9 Å². The Morgan fingerprint density at radius 3 is 2.69 bits per heavy atom. The van der Waals surface area contributed by atoms with Gasteiger partial charge >= 0.3 is 0 Å². The lowest BCUT2D eigenvalue weighted by Crippen LogP contribution is -2.35. The van der Waals surface area contributed by atoms with Crippen LogP contribution in [0.4, 0.5) is 0 Å². The van der Waals surface area contributed by atoms with E-state index >= 15 is 0 Å². The fraction of sp³-hybridized carbons (Fsp3) is 0.286. The molecule has 6 rings (SSSR count). The number of amides is 1. The second kappa shape index (κ2) is 9.48. The van der Waals surface area contributed by atoms with Gasteiger partial charge in [0, 0.05) is 37.7 Å². The fourth-order valence-corrected chi connectivity index (χ4v) is 5.17. The van der Waals surface area contributed by atoms with Crippen molar-refractivity contribution in [2.45, 2.75) is 38.4 Å². The molecule has 36 heavy (non-hydrogen) atoms. The van der Waals surface area contributed by atoms with Crippen molar-refractivity contribution in [2.75, 3.05) is 13.1 Å². The molecule has 1 aliphatic carbocycles. The zero-order valence-electron chi connectivity index (χ0n) is 20.0. The van der Waals surface area contributed by atoms with Gasteiger partial charge in [-0.05, 0) is 37.1 Å². The number of carbonyl (C=O) groups excluding carboxylic acids is 1. The number of aromatic nitrogens is 4. The van der Waals surface area contributed by atoms with Crippen LogP contribution in [0.25, 0.3) is 16.7 Å². The summed E-state index contributed by atoms with van der Waals surface area (Å²) in [6.07, 6.45) is 6.35. The van der Waals surface area contributed by atoms with Gasteiger partial charge in [-0.3, -0.25) is 14.7 Å². The van der Waals surface area contributed by atoms with E-state index in [-0.39, 0.29) is 11.9 Å².